The summed E-state index contributed by atoms with van der Waals surface area (Å²) in [5, 5.41) is 7.16. The Hall–Kier alpha value is -1.09. The molecule has 0 unspecified atom stereocenters. The summed E-state index contributed by atoms with van der Waals surface area (Å²) in [4.78, 5) is 0. The van der Waals surface area contributed by atoms with Crippen LogP contribution in [-0.2, 0) is 4.74 Å². The van der Waals surface area contributed by atoms with Crippen LogP contribution >= 0.6 is 0 Å². The molecule has 1 fully saturated rings. The van der Waals surface area contributed by atoms with Crippen molar-refractivity contribution in [2.45, 2.75) is 32.7 Å². The van der Waals surface area contributed by atoms with Crippen molar-refractivity contribution in [3.8, 4) is 0 Å². The van der Waals surface area contributed by atoms with E-state index in [9.17, 15) is 0 Å². The Balaban J connectivity index is 2.11. The molecule has 1 atom stereocenters. The van der Waals surface area contributed by atoms with E-state index in [0.717, 1.165) is 13.2 Å². The van der Waals surface area contributed by atoms with Gasteiger partial charge in [-0.2, -0.15) is 5.10 Å². The van der Waals surface area contributed by atoms with Gasteiger partial charge in [-0.1, -0.05) is 38.2 Å². The Morgan fingerprint density at radius 3 is 2.72 bits per heavy atom. The molecule has 3 nitrogen and oxygen atoms in total. The molecule has 18 heavy (non-hydrogen) atoms. The minimum Gasteiger partial charge on any atom is -0.382 e. The first kappa shape index (κ1) is 13.3. The molecule has 0 aromatic carbocycles. The molecule has 0 bridgehead atoms. The fourth-order valence-electron chi connectivity index (χ4n) is 2.66. The lowest BCUT2D eigenvalue weighted by Crippen LogP contribution is -2.31. The number of ether oxygens (including phenoxy) is 1. The molecule has 2 aliphatic rings. The summed E-state index contributed by atoms with van der Waals surface area (Å²) in [5.41, 5.74) is 1.27. The van der Waals surface area contributed by atoms with Crippen LogP contribution in [0.3, 0.4) is 0 Å². The molecule has 0 amide bonds. The van der Waals surface area contributed by atoms with Crippen molar-refractivity contribution in [2.24, 2.45) is 16.9 Å². The summed E-state index contributed by atoms with van der Waals surface area (Å²) in [6, 6.07) is 0.457. The second-order valence-corrected chi connectivity index (χ2v) is 5.39. The van der Waals surface area contributed by atoms with E-state index >= 15 is 0 Å². The molecule has 1 aliphatic heterocycles. The summed E-state index contributed by atoms with van der Waals surface area (Å²) in [6.45, 7) is 6.29. The summed E-state index contributed by atoms with van der Waals surface area (Å²) < 4.78 is 5.28. The van der Waals surface area contributed by atoms with Gasteiger partial charge in [0.05, 0.1) is 18.4 Å². The van der Waals surface area contributed by atoms with Gasteiger partial charge in [0.1, 0.15) is 0 Å². The predicted octanol–water partition coefficient (Wildman–Crippen LogP) is 2.85. The summed E-state index contributed by atoms with van der Waals surface area (Å²) in [6.07, 6.45) is 11.1. The Kier molecular flexibility index (Phi) is 4.59. The van der Waals surface area contributed by atoms with E-state index in [0.29, 0.717) is 17.9 Å². The second kappa shape index (κ2) is 6.19. The molecular formula is C15H24N2O. The van der Waals surface area contributed by atoms with Crippen LogP contribution in [0.2, 0.25) is 0 Å². The maximum Gasteiger partial charge on any atom is 0.0704 e. The van der Waals surface area contributed by atoms with Gasteiger partial charge in [-0.25, -0.2) is 0 Å². The van der Waals surface area contributed by atoms with Gasteiger partial charge in [0, 0.05) is 19.6 Å². The lowest BCUT2D eigenvalue weighted by atomic mass is 9.96. The molecule has 2 rings (SSSR count). The van der Waals surface area contributed by atoms with Crippen molar-refractivity contribution in [1.29, 1.82) is 0 Å². The van der Waals surface area contributed by atoms with Crippen molar-refractivity contribution in [3.05, 3.63) is 24.3 Å². The number of hydrazone groups is 1. The highest BCUT2D eigenvalue weighted by atomic mass is 16.5. The average molecular weight is 248 g/mol. The zero-order valence-corrected chi connectivity index (χ0v) is 11.7. The largest absolute Gasteiger partial charge is 0.382 e. The third-order valence-electron chi connectivity index (χ3n) is 3.63. The quantitative estimate of drug-likeness (QED) is 0.699. The number of hydrogen-bond acceptors (Lipinski definition) is 3. The third kappa shape index (κ3) is 3.02. The van der Waals surface area contributed by atoms with Crippen LogP contribution in [0.15, 0.2) is 29.4 Å². The molecule has 1 heterocycles. The topological polar surface area (TPSA) is 24.8 Å². The second-order valence-electron chi connectivity index (χ2n) is 5.39. The van der Waals surface area contributed by atoms with Crippen LogP contribution in [0, 0.1) is 11.8 Å². The lowest BCUT2D eigenvalue weighted by molar-refractivity contribution is 0.117. The smallest absolute Gasteiger partial charge is 0.0704 e. The standard InChI is InChI=1S/C15H24N2O/c1-12(2)15(13-7-4-5-8-13)16-17-10-6-9-14(17)11-18-3/h4-5,7-8,12-14H,6,9-11H2,1-3H3/b16-15+/t14-/m0/s1. The van der Waals surface area contributed by atoms with Crippen molar-refractivity contribution in [2.75, 3.05) is 20.3 Å². The van der Waals surface area contributed by atoms with Crippen LogP contribution < -0.4 is 0 Å². The van der Waals surface area contributed by atoms with Crippen molar-refractivity contribution < 1.29 is 4.74 Å². The first-order chi connectivity index (χ1) is 8.72. The molecule has 0 saturated carbocycles. The molecule has 0 aromatic rings. The minimum absolute atomic E-state index is 0.383. The molecule has 1 saturated heterocycles. The van der Waals surface area contributed by atoms with E-state index in [-0.39, 0.29) is 0 Å². The van der Waals surface area contributed by atoms with E-state index in [1.54, 1.807) is 7.11 Å². The van der Waals surface area contributed by atoms with Crippen molar-refractivity contribution in [3.63, 3.8) is 0 Å². The van der Waals surface area contributed by atoms with Crippen molar-refractivity contribution >= 4 is 5.71 Å². The maximum absolute atomic E-state index is 5.28. The third-order valence-corrected chi connectivity index (χ3v) is 3.63. The highest BCUT2D eigenvalue weighted by molar-refractivity contribution is 5.91. The van der Waals surface area contributed by atoms with E-state index in [2.05, 4.69) is 43.2 Å². The van der Waals surface area contributed by atoms with Crippen LogP contribution in [0.1, 0.15) is 26.7 Å². The van der Waals surface area contributed by atoms with Gasteiger partial charge in [-0.05, 0) is 18.8 Å². The number of methoxy groups -OCH3 is 1. The summed E-state index contributed by atoms with van der Waals surface area (Å²) in [5.74, 6) is 0.861. The first-order valence-corrected chi connectivity index (χ1v) is 6.91. The first-order valence-electron chi connectivity index (χ1n) is 6.91. The Labute approximate surface area is 110 Å². The fraction of sp³-hybridized carbons (Fsp3) is 0.667. The Bertz CT molecular complexity index is 346. The molecule has 100 valence electrons. The van der Waals surface area contributed by atoms with Crippen LogP contribution in [0.25, 0.3) is 0 Å². The maximum atomic E-state index is 5.28. The number of hydrogen-bond donors (Lipinski definition) is 0. The Morgan fingerprint density at radius 1 is 1.39 bits per heavy atom. The lowest BCUT2D eigenvalue weighted by Gasteiger charge is -2.24. The minimum atomic E-state index is 0.383. The molecule has 3 heteroatoms. The van der Waals surface area contributed by atoms with Gasteiger partial charge in [0.15, 0.2) is 0 Å². The zero-order chi connectivity index (χ0) is 13.0. The average Bonchev–Trinajstić information content (AvgIpc) is 2.97. The number of nitrogens with zero attached hydrogens (tertiary/aromatic N) is 2. The van der Waals surface area contributed by atoms with Crippen molar-refractivity contribution in [1.82, 2.24) is 5.01 Å². The monoisotopic (exact) mass is 248 g/mol. The number of allylic oxidation sites excluding steroid dienone is 4. The highest BCUT2D eigenvalue weighted by Gasteiger charge is 2.25. The molecule has 0 radical (unpaired) electrons. The van der Waals surface area contributed by atoms with Gasteiger partial charge in [-0.3, -0.25) is 5.01 Å². The SMILES string of the molecule is COC[C@@H]1CCCN1/N=C(\C(C)C)C1C=CC=C1. The normalized spacial score (nSPS) is 24.8. The van der Waals surface area contributed by atoms with E-state index in [1.807, 2.05) is 0 Å². The van der Waals surface area contributed by atoms with E-state index < -0.39 is 0 Å². The number of rotatable bonds is 5. The van der Waals surface area contributed by atoms with E-state index in [1.165, 1.54) is 18.6 Å². The molecule has 1 aliphatic carbocycles. The molecule has 0 N–H and O–H groups in total. The van der Waals surface area contributed by atoms with E-state index in [4.69, 9.17) is 9.84 Å². The van der Waals surface area contributed by atoms with Gasteiger partial charge in [-0.15, -0.1) is 0 Å². The molecular weight excluding hydrogens is 224 g/mol. The fourth-order valence-corrected chi connectivity index (χ4v) is 2.66. The Morgan fingerprint density at radius 2 is 2.11 bits per heavy atom. The van der Waals surface area contributed by atoms with Gasteiger partial charge < -0.3 is 4.74 Å². The predicted molar refractivity (Wildman–Crippen MR) is 75.6 cm³/mol. The van der Waals surface area contributed by atoms with Crippen LogP contribution in [0.4, 0.5) is 0 Å². The van der Waals surface area contributed by atoms with Gasteiger partial charge >= 0.3 is 0 Å². The molecule has 0 aromatic heterocycles. The summed E-state index contributed by atoms with van der Waals surface area (Å²) >= 11 is 0. The zero-order valence-electron chi connectivity index (χ0n) is 11.7. The van der Waals surface area contributed by atoms with Gasteiger partial charge in [0.25, 0.3) is 0 Å². The molecule has 0 spiro atoms. The van der Waals surface area contributed by atoms with Crippen LogP contribution in [0.5, 0.6) is 0 Å². The van der Waals surface area contributed by atoms with Crippen LogP contribution in [-0.4, -0.2) is 37.0 Å². The van der Waals surface area contributed by atoms with Gasteiger partial charge in [0.2, 0.25) is 0 Å². The summed E-state index contributed by atoms with van der Waals surface area (Å²) in [7, 11) is 1.77. The highest BCUT2D eigenvalue weighted by Crippen LogP contribution is 2.22.